The molecule has 0 spiro atoms. The predicted octanol–water partition coefficient (Wildman–Crippen LogP) is 7.11. The lowest BCUT2D eigenvalue weighted by atomic mass is 10.1. The molecule has 0 atom stereocenters. The van der Waals surface area contributed by atoms with Crippen LogP contribution in [0.5, 0.6) is 0 Å². The van der Waals surface area contributed by atoms with Crippen LogP contribution in [0.25, 0.3) is 0 Å². The minimum absolute atomic E-state index is 0.0604. The number of rotatable bonds is 20. The van der Waals surface area contributed by atoms with Crippen molar-refractivity contribution < 1.29 is 0 Å². The molecule has 0 aromatic heterocycles. The Balaban J connectivity index is 2.47. The van der Waals surface area contributed by atoms with Crippen molar-refractivity contribution in [2.45, 2.75) is 117 Å². The largest absolute Gasteiger partial charge is 0.370 e. The third-order valence-corrected chi connectivity index (χ3v) is 7.73. The molecule has 2 aromatic rings. The van der Waals surface area contributed by atoms with Crippen molar-refractivity contribution >= 4 is 35.2 Å². The third kappa shape index (κ3) is 14.8. The van der Waals surface area contributed by atoms with Gasteiger partial charge in [-0.05, 0) is 44.0 Å². The molecule has 0 saturated carbocycles. The highest BCUT2D eigenvalue weighted by molar-refractivity contribution is 6.07. The molecule has 0 radical (unpaired) electrons. The van der Waals surface area contributed by atoms with Gasteiger partial charge in [0, 0.05) is 24.5 Å². The van der Waals surface area contributed by atoms with Crippen molar-refractivity contribution in [2.75, 3.05) is 22.9 Å². The SMILES string of the molecule is CCCCCCCCCN=C(N=C(N)N)N(c1ccccc1)C(C)N(C(N=C(N)N)=NCCCCCCCCC)c1ccccc1. The summed E-state index contributed by atoms with van der Waals surface area (Å²) in [6, 6.07) is 19.9. The molecule has 0 aliphatic carbocycles. The average molecular weight is 633 g/mol. The van der Waals surface area contributed by atoms with Crippen LogP contribution in [0.4, 0.5) is 11.4 Å². The molecule has 8 N–H and O–H groups in total. The number of anilines is 2. The topological polar surface area (TPSA) is 160 Å². The molecule has 0 saturated heterocycles. The predicted molar refractivity (Wildman–Crippen MR) is 200 cm³/mol. The van der Waals surface area contributed by atoms with Gasteiger partial charge < -0.3 is 22.9 Å². The molecule has 10 heteroatoms. The van der Waals surface area contributed by atoms with E-state index in [-0.39, 0.29) is 11.9 Å². The van der Waals surface area contributed by atoms with E-state index in [0.717, 1.165) is 37.1 Å². The second-order valence-corrected chi connectivity index (χ2v) is 11.7. The summed E-state index contributed by atoms with van der Waals surface area (Å²) in [7, 11) is 0. The second kappa shape index (κ2) is 23.3. The Morgan fingerprint density at radius 3 is 1.17 bits per heavy atom. The lowest BCUT2D eigenvalue weighted by Gasteiger charge is -2.38. The van der Waals surface area contributed by atoms with Crippen LogP contribution in [-0.2, 0) is 0 Å². The maximum atomic E-state index is 5.98. The van der Waals surface area contributed by atoms with Gasteiger partial charge in [-0.2, -0.15) is 9.98 Å². The Morgan fingerprint density at radius 1 is 0.522 bits per heavy atom. The first-order chi connectivity index (χ1) is 22.4. The molecule has 0 fully saturated rings. The summed E-state index contributed by atoms with van der Waals surface area (Å²) in [5.41, 5.74) is 25.7. The number of nitrogens with two attached hydrogens (primary N) is 4. The van der Waals surface area contributed by atoms with E-state index >= 15 is 0 Å². The van der Waals surface area contributed by atoms with Gasteiger partial charge in [0.25, 0.3) is 0 Å². The molecule has 2 rings (SSSR count). The van der Waals surface area contributed by atoms with Crippen molar-refractivity contribution in [3.8, 4) is 0 Å². The molecule has 254 valence electrons. The maximum absolute atomic E-state index is 5.98. The Bertz CT molecular complexity index is 1090. The Labute approximate surface area is 278 Å². The lowest BCUT2D eigenvalue weighted by Crippen LogP contribution is -2.53. The fourth-order valence-electron chi connectivity index (χ4n) is 5.35. The summed E-state index contributed by atoms with van der Waals surface area (Å²) in [5.74, 6) is 0.716. The average Bonchev–Trinajstić information content (AvgIpc) is 3.04. The number of guanidine groups is 4. The number of para-hydroxylation sites is 2. The van der Waals surface area contributed by atoms with Gasteiger partial charge in [0.2, 0.25) is 11.9 Å². The second-order valence-electron chi connectivity index (χ2n) is 11.7. The van der Waals surface area contributed by atoms with Crippen LogP contribution in [0.3, 0.4) is 0 Å². The van der Waals surface area contributed by atoms with Crippen molar-refractivity contribution in [2.24, 2.45) is 42.9 Å². The van der Waals surface area contributed by atoms with E-state index in [2.05, 4.69) is 30.8 Å². The molecule has 0 amide bonds. The number of hydrogen-bond donors (Lipinski definition) is 4. The zero-order valence-electron chi connectivity index (χ0n) is 28.7. The van der Waals surface area contributed by atoms with Gasteiger partial charge in [-0.25, -0.2) is 0 Å². The van der Waals surface area contributed by atoms with Crippen molar-refractivity contribution in [3.63, 3.8) is 0 Å². The first-order valence-electron chi connectivity index (χ1n) is 17.4. The molecular formula is C36H60N10. The zero-order valence-corrected chi connectivity index (χ0v) is 28.7. The fraction of sp³-hybridized carbons (Fsp3) is 0.556. The lowest BCUT2D eigenvalue weighted by molar-refractivity contribution is 0.592. The van der Waals surface area contributed by atoms with Crippen molar-refractivity contribution in [1.29, 1.82) is 0 Å². The summed E-state index contributed by atoms with van der Waals surface area (Å²) in [4.78, 5) is 23.0. The number of hydrogen-bond acceptors (Lipinski definition) is 2. The molecule has 0 aliphatic rings. The normalized spacial score (nSPS) is 12.4. The summed E-state index contributed by atoms with van der Waals surface area (Å²) in [5, 5.41) is 0. The van der Waals surface area contributed by atoms with Gasteiger partial charge in [-0.15, -0.1) is 0 Å². The smallest absolute Gasteiger partial charge is 0.230 e. The van der Waals surface area contributed by atoms with E-state index < -0.39 is 6.17 Å². The first kappa shape index (κ1) is 38.1. The Kier molecular flexibility index (Phi) is 19.3. The van der Waals surface area contributed by atoms with E-state index in [1.165, 1.54) is 64.2 Å². The number of unbranched alkanes of at least 4 members (excludes halogenated alkanes) is 12. The van der Waals surface area contributed by atoms with Crippen LogP contribution in [0.1, 0.15) is 111 Å². The van der Waals surface area contributed by atoms with Crippen LogP contribution in [0.15, 0.2) is 80.6 Å². The van der Waals surface area contributed by atoms with Crippen LogP contribution >= 0.6 is 0 Å². The first-order valence-corrected chi connectivity index (χ1v) is 17.4. The van der Waals surface area contributed by atoms with Gasteiger partial charge in [-0.3, -0.25) is 19.8 Å². The standard InChI is InChI=1S/C36H60N10/c1-4-6-8-10-12-14-22-28-41-35(43-33(37)38)45(31-24-18-16-19-25-31)30(3)46(32-26-20-17-21-27-32)36(44-34(39)40)42-29-23-15-13-11-9-7-5-2/h16-21,24-27,30H,4-15,22-23,28-29H2,1-3H3,(H4,37,38,41,43)(H4,39,40,42,44). The van der Waals surface area contributed by atoms with Gasteiger partial charge in [0.05, 0.1) is 0 Å². The Morgan fingerprint density at radius 2 is 0.848 bits per heavy atom. The summed E-state index contributed by atoms with van der Waals surface area (Å²) >= 11 is 0. The van der Waals surface area contributed by atoms with E-state index in [0.29, 0.717) is 25.0 Å². The molecular weight excluding hydrogens is 572 g/mol. The molecule has 46 heavy (non-hydrogen) atoms. The van der Waals surface area contributed by atoms with Crippen molar-refractivity contribution in [3.05, 3.63) is 60.7 Å². The molecule has 0 unspecified atom stereocenters. The molecule has 0 aliphatic heterocycles. The highest BCUT2D eigenvalue weighted by Crippen LogP contribution is 2.26. The number of nitrogens with zero attached hydrogens (tertiary/aromatic N) is 6. The minimum Gasteiger partial charge on any atom is -0.370 e. The van der Waals surface area contributed by atoms with E-state index in [1.54, 1.807) is 0 Å². The molecule has 2 aromatic carbocycles. The van der Waals surface area contributed by atoms with Crippen LogP contribution in [0, 0.1) is 0 Å². The summed E-state index contributed by atoms with van der Waals surface area (Å²) in [6.45, 7) is 7.74. The van der Waals surface area contributed by atoms with E-state index in [1.807, 2.05) is 70.5 Å². The van der Waals surface area contributed by atoms with Gasteiger partial charge in [0.1, 0.15) is 6.17 Å². The highest BCUT2D eigenvalue weighted by Gasteiger charge is 2.29. The van der Waals surface area contributed by atoms with Crippen LogP contribution in [0.2, 0.25) is 0 Å². The molecule has 10 nitrogen and oxygen atoms in total. The number of aliphatic imine (C=N–C) groups is 4. The van der Waals surface area contributed by atoms with E-state index in [4.69, 9.17) is 32.9 Å². The molecule has 0 heterocycles. The van der Waals surface area contributed by atoms with Crippen molar-refractivity contribution in [1.82, 2.24) is 0 Å². The zero-order chi connectivity index (χ0) is 33.4. The quantitative estimate of drug-likeness (QED) is 0.0527. The summed E-state index contributed by atoms with van der Waals surface area (Å²) < 4.78 is 0. The monoisotopic (exact) mass is 633 g/mol. The van der Waals surface area contributed by atoms with Crippen LogP contribution < -0.4 is 32.7 Å². The minimum atomic E-state index is -0.420. The van der Waals surface area contributed by atoms with Gasteiger partial charge in [-0.1, -0.05) is 127 Å². The van der Waals surface area contributed by atoms with Gasteiger partial charge >= 0.3 is 0 Å². The Hall–Kier alpha value is -4.08. The number of benzene rings is 2. The maximum Gasteiger partial charge on any atom is 0.230 e. The summed E-state index contributed by atoms with van der Waals surface area (Å²) in [6.07, 6.45) is 16.2. The van der Waals surface area contributed by atoms with E-state index in [9.17, 15) is 0 Å². The fourth-order valence-corrected chi connectivity index (χ4v) is 5.35. The van der Waals surface area contributed by atoms with Crippen LogP contribution in [-0.4, -0.2) is 43.1 Å². The third-order valence-electron chi connectivity index (χ3n) is 7.73. The molecule has 0 bridgehead atoms. The highest BCUT2D eigenvalue weighted by atomic mass is 15.5. The van der Waals surface area contributed by atoms with Gasteiger partial charge in [0.15, 0.2) is 11.9 Å².